The summed E-state index contributed by atoms with van der Waals surface area (Å²) in [7, 11) is 2.15. The molecule has 2 N–H and O–H groups in total. The standard InChI is InChI=1S/C14H20N4/c1-14(2)10-18(7-6-17(14)3)13-8-11(9-15)4-5-12(13)16/h4-5,8H,6-7,10,16H2,1-3H3. The van der Waals surface area contributed by atoms with E-state index in [2.05, 4.69) is 36.8 Å². The first-order valence-corrected chi connectivity index (χ1v) is 6.20. The molecule has 96 valence electrons. The van der Waals surface area contributed by atoms with Gasteiger partial charge in [0.15, 0.2) is 0 Å². The van der Waals surface area contributed by atoms with Crippen LogP contribution < -0.4 is 10.6 Å². The zero-order chi connectivity index (χ0) is 13.3. The van der Waals surface area contributed by atoms with Gasteiger partial charge in [-0.15, -0.1) is 0 Å². The Morgan fingerprint density at radius 3 is 2.67 bits per heavy atom. The fourth-order valence-corrected chi connectivity index (χ4v) is 2.33. The van der Waals surface area contributed by atoms with E-state index in [4.69, 9.17) is 11.0 Å². The Hall–Kier alpha value is -1.73. The quantitative estimate of drug-likeness (QED) is 0.763. The van der Waals surface area contributed by atoms with Gasteiger partial charge in [-0.05, 0) is 39.1 Å². The largest absolute Gasteiger partial charge is 0.397 e. The highest BCUT2D eigenvalue weighted by atomic mass is 15.3. The normalized spacial score (nSPS) is 19.6. The fraction of sp³-hybridized carbons (Fsp3) is 0.500. The van der Waals surface area contributed by atoms with Crippen LogP contribution >= 0.6 is 0 Å². The predicted octanol–water partition coefficient (Wildman–Crippen LogP) is 1.67. The first-order valence-electron chi connectivity index (χ1n) is 6.20. The molecule has 0 radical (unpaired) electrons. The second-order valence-corrected chi connectivity index (χ2v) is 5.54. The van der Waals surface area contributed by atoms with Crippen LogP contribution in [0.5, 0.6) is 0 Å². The second-order valence-electron chi connectivity index (χ2n) is 5.54. The van der Waals surface area contributed by atoms with E-state index < -0.39 is 0 Å². The molecule has 1 aromatic carbocycles. The number of nitriles is 1. The zero-order valence-electron chi connectivity index (χ0n) is 11.3. The van der Waals surface area contributed by atoms with Gasteiger partial charge < -0.3 is 10.6 Å². The Balaban J connectivity index is 2.30. The maximum Gasteiger partial charge on any atom is 0.0992 e. The molecule has 1 fully saturated rings. The van der Waals surface area contributed by atoms with Crippen LogP contribution in [0.1, 0.15) is 19.4 Å². The van der Waals surface area contributed by atoms with Crippen molar-refractivity contribution in [2.75, 3.05) is 37.3 Å². The molecule has 4 nitrogen and oxygen atoms in total. The van der Waals surface area contributed by atoms with Crippen molar-refractivity contribution in [3.63, 3.8) is 0 Å². The van der Waals surface area contributed by atoms with Crippen LogP contribution in [-0.4, -0.2) is 37.1 Å². The number of anilines is 2. The van der Waals surface area contributed by atoms with Gasteiger partial charge in [-0.3, -0.25) is 4.90 Å². The molecule has 4 heteroatoms. The monoisotopic (exact) mass is 244 g/mol. The van der Waals surface area contributed by atoms with Crippen LogP contribution in [0, 0.1) is 11.3 Å². The number of likely N-dealkylation sites (N-methyl/N-ethyl adjacent to an activating group) is 1. The van der Waals surface area contributed by atoms with Gasteiger partial charge in [0, 0.05) is 25.2 Å². The minimum atomic E-state index is 0.118. The zero-order valence-corrected chi connectivity index (χ0v) is 11.3. The molecule has 0 aliphatic carbocycles. The average molecular weight is 244 g/mol. The van der Waals surface area contributed by atoms with Crippen molar-refractivity contribution in [3.05, 3.63) is 23.8 Å². The first-order chi connectivity index (χ1) is 8.44. The van der Waals surface area contributed by atoms with E-state index in [1.165, 1.54) is 0 Å². The summed E-state index contributed by atoms with van der Waals surface area (Å²) < 4.78 is 0. The van der Waals surface area contributed by atoms with E-state index in [9.17, 15) is 0 Å². The van der Waals surface area contributed by atoms with Crippen molar-refractivity contribution in [2.45, 2.75) is 19.4 Å². The van der Waals surface area contributed by atoms with Crippen LogP contribution in [0.4, 0.5) is 11.4 Å². The van der Waals surface area contributed by atoms with Gasteiger partial charge in [0.2, 0.25) is 0 Å². The molecular formula is C14H20N4. The van der Waals surface area contributed by atoms with E-state index in [1.54, 1.807) is 6.07 Å². The second kappa shape index (κ2) is 4.51. The highest BCUT2D eigenvalue weighted by molar-refractivity contribution is 5.70. The minimum Gasteiger partial charge on any atom is -0.397 e. The molecule has 0 saturated carbocycles. The molecule has 1 heterocycles. The molecule has 0 unspecified atom stereocenters. The van der Waals surface area contributed by atoms with E-state index in [0.29, 0.717) is 5.56 Å². The van der Waals surface area contributed by atoms with Crippen LogP contribution in [0.3, 0.4) is 0 Å². The molecular weight excluding hydrogens is 224 g/mol. The molecule has 18 heavy (non-hydrogen) atoms. The summed E-state index contributed by atoms with van der Waals surface area (Å²) >= 11 is 0. The minimum absolute atomic E-state index is 0.118. The maximum atomic E-state index is 8.98. The highest BCUT2D eigenvalue weighted by Gasteiger charge is 2.31. The third-order valence-electron chi connectivity index (χ3n) is 3.82. The molecule has 2 rings (SSSR count). The molecule has 0 spiro atoms. The topological polar surface area (TPSA) is 56.3 Å². The van der Waals surface area contributed by atoms with Crippen LogP contribution in [0.15, 0.2) is 18.2 Å². The van der Waals surface area contributed by atoms with Gasteiger partial charge in [0.05, 0.1) is 23.0 Å². The van der Waals surface area contributed by atoms with Crippen molar-refractivity contribution < 1.29 is 0 Å². The lowest BCUT2D eigenvalue weighted by Crippen LogP contribution is -2.57. The number of piperazine rings is 1. The first kappa shape index (κ1) is 12.7. The fourth-order valence-electron chi connectivity index (χ4n) is 2.33. The molecule has 1 aromatic rings. The van der Waals surface area contributed by atoms with Crippen molar-refractivity contribution in [2.24, 2.45) is 0 Å². The van der Waals surface area contributed by atoms with Crippen LogP contribution in [0.2, 0.25) is 0 Å². The van der Waals surface area contributed by atoms with Gasteiger partial charge >= 0.3 is 0 Å². The third-order valence-corrected chi connectivity index (χ3v) is 3.82. The van der Waals surface area contributed by atoms with Crippen LogP contribution in [-0.2, 0) is 0 Å². The number of benzene rings is 1. The smallest absolute Gasteiger partial charge is 0.0992 e. The number of nitrogens with zero attached hydrogens (tertiary/aromatic N) is 3. The van der Waals surface area contributed by atoms with Crippen molar-refractivity contribution in [1.82, 2.24) is 4.90 Å². The summed E-state index contributed by atoms with van der Waals surface area (Å²) in [6.45, 7) is 7.32. The summed E-state index contributed by atoms with van der Waals surface area (Å²) in [5.74, 6) is 0. The summed E-state index contributed by atoms with van der Waals surface area (Å²) in [5.41, 5.74) is 8.54. The maximum absolute atomic E-state index is 8.98. The Labute approximate surface area is 109 Å². The molecule has 1 aliphatic rings. The van der Waals surface area contributed by atoms with Crippen molar-refractivity contribution in [1.29, 1.82) is 5.26 Å². The molecule has 1 saturated heterocycles. The Kier molecular flexibility index (Phi) is 3.18. The SMILES string of the molecule is CN1CCN(c2cc(C#N)ccc2N)CC1(C)C. The summed E-state index contributed by atoms with van der Waals surface area (Å²) in [6.07, 6.45) is 0. The lowest BCUT2D eigenvalue weighted by molar-refractivity contribution is 0.139. The summed E-state index contributed by atoms with van der Waals surface area (Å²) in [6, 6.07) is 7.64. The average Bonchev–Trinajstić information content (AvgIpc) is 2.33. The number of nitrogen functional groups attached to an aromatic ring is 1. The predicted molar refractivity (Wildman–Crippen MR) is 74.5 cm³/mol. The van der Waals surface area contributed by atoms with E-state index in [0.717, 1.165) is 31.0 Å². The van der Waals surface area contributed by atoms with Gasteiger partial charge in [-0.2, -0.15) is 5.26 Å². The molecule has 0 aromatic heterocycles. The van der Waals surface area contributed by atoms with Gasteiger partial charge in [0.25, 0.3) is 0 Å². The van der Waals surface area contributed by atoms with Crippen LogP contribution in [0.25, 0.3) is 0 Å². The van der Waals surface area contributed by atoms with E-state index in [-0.39, 0.29) is 5.54 Å². The molecule has 1 aliphatic heterocycles. The third kappa shape index (κ3) is 2.27. The Bertz CT molecular complexity index is 487. The lowest BCUT2D eigenvalue weighted by atomic mass is 9.99. The van der Waals surface area contributed by atoms with Gasteiger partial charge in [-0.1, -0.05) is 0 Å². The summed E-state index contributed by atoms with van der Waals surface area (Å²) in [4.78, 5) is 4.63. The molecule has 0 atom stereocenters. The number of nitrogens with two attached hydrogens (primary N) is 1. The highest BCUT2D eigenvalue weighted by Crippen LogP contribution is 2.29. The van der Waals surface area contributed by atoms with Crippen molar-refractivity contribution >= 4 is 11.4 Å². The van der Waals surface area contributed by atoms with Gasteiger partial charge in [0.1, 0.15) is 0 Å². The van der Waals surface area contributed by atoms with Crippen molar-refractivity contribution in [3.8, 4) is 6.07 Å². The van der Waals surface area contributed by atoms with E-state index in [1.807, 2.05) is 12.1 Å². The molecule has 0 amide bonds. The Morgan fingerprint density at radius 1 is 1.33 bits per heavy atom. The number of hydrogen-bond donors (Lipinski definition) is 1. The van der Waals surface area contributed by atoms with E-state index >= 15 is 0 Å². The number of rotatable bonds is 1. The molecule has 0 bridgehead atoms. The van der Waals surface area contributed by atoms with Gasteiger partial charge in [-0.25, -0.2) is 0 Å². The number of hydrogen-bond acceptors (Lipinski definition) is 4. The Morgan fingerprint density at radius 2 is 2.06 bits per heavy atom. The lowest BCUT2D eigenvalue weighted by Gasteiger charge is -2.46. The summed E-state index contributed by atoms with van der Waals surface area (Å²) in [5, 5.41) is 8.98.